The van der Waals surface area contributed by atoms with E-state index in [0.717, 1.165) is 42.7 Å². The summed E-state index contributed by atoms with van der Waals surface area (Å²) in [4.78, 5) is 2.44. The molecule has 1 fully saturated rings. The lowest BCUT2D eigenvalue weighted by molar-refractivity contribution is 0.220. The molecule has 3 nitrogen and oxygen atoms in total. The average molecular weight is 311 g/mol. The number of nitrogens with zero attached hydrogens (tertiary/aromatic N) is 2. The van der Waals surface area contributed by atoms with E-state index < -0.39 is 0 Å². The van der Waals surface area contributed by atoms with Crippen LogP contribution in [0.2, 0.25) is 0 Å². The molecule has 4 heteroatoms. The molecule has 1 atom stereocenters. The molecular formula is C14H19BrN2O. The molecule has 1 aromatic carbocycles. The van der Waals surface area contributed by atoms with Crippen LogP contribution in [0.3, 0.4) is 0 Å². The number of hydrogen-bond donors (Lipinski definition) is 1. The Hall–Kier alpha value is -0.870. The quantitative estimate of drug-likeness (QED) is 0.685. The third-order valence-corrected chi connectivity index (χ3v) is 4.04. The summed E-state index contributed by atoms with van der Waals surface area (Å²) >= 11 is 3.50. The van der Waals surface area contributed by atoms with Crippen molar-refractivity contribution >= 4 is 21.6 Å². The van der Waals surface area contributed by atoms with Gasteiger partial charge in [-0.2, -0.15) is 0 Å². The molecule has 1 aliphatic heterocycles. The van der Waals surface area contributed by atoms with Crippen molar-refractivity contribution in [3.05, 3.63) is 34.3 Å². The Labute approximate surface area is 117 Å². The van der Waals surface area contributed by atoms with Crippen molar-refractivity contribution in [2.45, 2.75) is 26.3 Å². The predicted octanol–water partition coefficient (Wildman–Crippen LogP) is 3.51. The first-order chi connectivity index (χ1) is 8.72. The van der Waals surface area contributed by atoms with Gasteiger partial charge in [0.2, 0.25) is 0 Å². The highest BCUT2D eigenvalue weighted by Crippen LogP contribution is 2.20. The molecule has 98 valence electrons. The van der Waals surface area contributed by atoms with Crippen LogP contribution in [-0.4, -0.2) is 28.9 Å². The molecule has 1 aromatic rings. The van der Waals surface area contributed by atoms with Crippen LogP contribution in [0.1, 0.15) is 25.3 Å². The minimum Gasteiger partial charge on any atom is -0.411 e. The monoisotopic (exact) mass is 310 g/mol. The van der Waals surface area contributed by atoms with Crippen LogP contribution in [0.5, 0.6) is 0 Å². The van der Waals surface area contributed by atoms with Gasteiger partial charge in [-0.3, -0.25) is 4.90 Å². The van der Waals surface area contributed by atoms with Gasteiger partial charge in [-0.1, -0.05) is 40.1 Å². The SMILES string of the molecule is CCC1CN(Cc2cccc(Br)c2)CC/C1=N\O. The van der Waals surface area contributed by atoms with Crippen LogP contribution < -0.4 is 0 Å². The predicted molar refractivity (Wildman–Crippen MR) is 77.0 cm³/mol. The van der Waals surface area contributed by atoms with Crippen molar-refractivity contribution in [1.82, 2.24) is 4.90 Å². The zero-order valence-corrected chi connectivity index (χ0v) is 12.2. The van der Waals surface area contributed by atoms with Crippen LogP contribution in [0, 0.1) is 5.92 Å². The molecule has 1 heterocycles. The summed E-state index contributed by atoms with van der Waals surface area (Å²) in [5.74, 6) is 0.399. The zero-order valence-electron chi connectivity index (χ0n) is 10.6. The van der Waals surface area contributed by atoms with Gasteiger partial charge >= 0.3 is 0 Å². The number of benzene rings is 1. The van der Waals surface area contributed by atoms with E-state index in [4.69, 9.17) is 5.21 Å². The fraction of sp³-hybridized carbons (Fsp3) is 0.500. The first-order valence-electron chi connectivity index (χ1n) is 6.40. The van der Waals surface area contributed by atoms with E-state index in [9.17, 15) is 0 Å². The van der Waals surface area contributed by atoms with Crippen molar-refractivity contribution in [3.63, 3.8) is 0 Å². The molecule has 0 radical (unpaired) electrons. The Balaban J connectivity index is 1.99. The first kappa shape index (κ1) is 13.6. The normalized spacial score (nSPS) is 23.4. The number of oxime groups is 1. The van der Waals surface area contributed by atoms with E-state index in [0.29, 0.717) is 5.92 Å². The number of halogens is 1. The van der Waals surface area contributed by atoms with Crippen molar-refractivity contribution in [2.75, 3.05) is 13.1 Å². The molecular weight excluding hydrogens is 292 g/mol. The van der Waals surface area contributed by atoms with Gasteiger partial charge < -0.3 is 5.21 Å². The number of piperidine rings is 1. The van der Waals surface area contributed by atoms with Gasteiger partial charge in [0.1, 0.15) is 0 Å². The number of hydrogen-bond acceptors (Lipinski definition) is 3. The summed E-state index contributed by atoms with van der Waals surface area (Å²) < 4.78 is 1.13. The molecule has 0 spiro atoms. The Morgan fingerprint density at radius 1 is 1.50 bits per heavy atom. The van der Waals surface area contributed by atoms with Crippen LogP contribution in [0.4, 0.5) is 0 Å². The van der Waals surface area contributed by atoms with Crippen molar-refractivity contribution < 1.29 is 5.21 Å². The van der Waals surface area contributed by atoms with Crippen LogP contribution in [0.25, 0.3) is 0 Å². The summed E-state index contributed by atoms with van der Waals surface area (Å²) in [6.45, 7) is 5.08. The third kappa shape index (κ3) is 3.33. The second-order valence-electron chi connectivity index (χ2n) is 4.81. The van der Waals surface area contributed by atoms with E-state index in [1.165, 1.54) is 5.56 Å². The highest BCUT2D eigenvalue weighted by Gasteiger charge is 2.24. The van der Waals surface area contributed by atoms with Gasteiger partial charge in [0.15, 0.2) is 0 Å². The molecule has 0 aliphatic carbocycles. The van der Waals surface area contributed by atoms with Gasteiger partial charge in [0.25, 0.3) is 0 Å². The van der Waals surface area contributed by atoms with E-state index in [2.05, 4.69) is 51.1 Å². The summed E-state index contributed by atoms with van der Waals surface area (Å²) in [6.07, 6.45) is 1.91. The topological polar surface area (TPSA) is 35.8 Å². The van der Waals surface area contributed by atoms with Crippen molar-refractivity contribution in [2.24, 2.45) is 11.1 Å². The molecule has 0 saturated carbocycles. The molecule has 0 aromatic heterocycles. The maximum absolute atomic E-state index is 8.97. The Bertz CT molecular complexity index is 434. The number of rotatable bonds is 3. The van der Waals surface area contributed by atoms with Crippen LogP contribution in [-0.2, 0) is 6.54 Å². The summed E-state index contributed by atoms with van der Waals surface area (Å²) in [5.41, 5.74) is 2.28. The lowest BCUT2D eigenvalue weighted by Gasteiger charge is -2.32. The second-order valence-corrected chi connectivity index (χ2v) is 5.73. The largest absolute Gasteiger partial charge is 0.411 e. The minimum atomic E-state index is 0.399. The molecule has 1 unspecified atom stereocenters. The maximum atomic E-state index is 8.97. The smallest absolute Gasteiger partial charge is 0.0627 e. The molecule has 1 aliphatic rings. The summed E-state index contributed by atoms with van der Waals surface area (Å²) in [6, 6.07) is 8.43. The van der Waals surface area contributed by atoms with Crippen LogP contribution in [0.15, 0.2) is 33.9 Å². The average Bonchev–Trinajstić information content (AvgIpc) is 2.38. The van der Waals surface area contributed by atoms with Gasteiger partial charge in [-0.15, -0.1) is 0 Å². The van der Waals surface area contributed by atoms with Crippen molar-refractivity contribution in [3.8, 4) is 0 Å². The summed E-state index contributed by atoms with van der Waals surface area (Å²) in [5, 5.41) is 12.4. The minimum absolute atomic E-state index is 0.399. The standard InChI is InChI=1S/C14H19BrN2O/c1-2-12-10-17(7-6-14(12)16-18)9-11-4-3-5-13(15)8-11/h3-5,8,12,18H,2,6-7,9-10H2,1H3/b16-14+. The molecule has 1 N–H and O–H groups in total. The Morgan fingerprint density at radius 3 is 3.00 bits per heavy atom. The molecule has 1 saturated heterocycles. The van der Waals surface area contributed by atoms with Gasteiger partial charge in [-0.05, 0) is 24.1 Å². The highest BCUT2D eigenvalue weighted by atomic mass is 79.9. The van der Waals surface area contributed by atoms with Gasteiger partial charge in [-0.25, -0.2) is 0 Å². The van der Waals surface area contributed by atoms with E-state index >= 15 is 0 Å². The highest BCUT2D eigenvalue weighted by molar-refractivity contribution is 9.10. The Morgan fingerprint density at radius 2 is 2.33 bits per heavy atom. The third-order valence-electron chi connectivity index (χ3n) is 3.55. The van der Waals surface area contributed by atoms with Crippen molar-refractivity contribution in [1.29, 1.82) is 0 Å². The maximum Gasteiger partial charge on any atom is 0.0627 e. The van der Waals surface area contributed by atoms with E-state index in [1.807, 2.05) is 6.07 Å². The van der Waals surface area contributed by atoms with Gasteiger partial charge in [0.05, 0.1) is 5.71 Å². The molecule has 0 bridgehead atoms. The Kier molecular flexibility index (Phi) is 4.78. The fourth-order valence-corrected chi connectivity index (χ4v) is 2.97. The van der Waals surface area contributed by atoms with E-state index in [-0.39, 0.29) is 0 Å². The lowest BCUT2D eigenvalue weighted by atomic mass is 9.93. The van der Waals surface area contributed by atoms with E-state index in [1.54, 1.807) is 0 Å². The fourth-order valence-electron chi connectivity index (χ4n) is 2.52. The second kappa shape index (κ2) is 6.34. The lowest BCUT2D eigenvalue weighted by Crippen LogP contribution is -2.40. The molecule has 2 rings (SSSR count). The first-order valence-corrected chi connectivity index (χ1v) is 7.20. The van der Waals surface area contributed by atoms with Gasteiger partial charge in [0, 0.05) is 36.4 Å². The van der Waals surface area contributed by atoms with Crippen LogP contribution >= 0.6 is 15.9 Å². The number of likely N-dealkylation sites (tertiary alicyclic amines) is 1. The molecule has 0 amide bonds. The summed E-state index contributed by atoms with van der Waals surface area (Å²) in [7, 11) is 0. The molecule has 18 heavy (non-hydrogen) atoms. The zero-order chi connectivity index (χ0) is 13.0.